The number of carbonyl (C=O) groups excluding carboxylic acids is 2. The van der Waals surface area contributed by atoms with Crippen LogP contribution >= 0.6 is 0 Å². The fourth-order valence-corrected chi connectivity index (χ4v) is 2.66. The summed E-state index contributed by atoms with van der Waals surface area (Å²) in [6, 6.07) is 4.11. The topological polar surface area (TPSA) is 114 Å². The second-order valence-corrected chi connectivity index (χ2v) is 6.59. The van der Waals surface area contributed by atoms with Gasteiger partial charge in [0.1, 0.15) is 0 Å². The van der Waals surface area contributed by atoms with E-state index in [9.17, 15) is 32.9 Å². The van der Waals surface area contributed by atoms with Crippen LogP contribution in [-0.2, 0) is 9.59 Å². The fourth-order valence-electron chi connectivity index (χ4n) is 2.66. The Labute approximate surface area is 174 Å². The summed E-state index contributed by atoms with van der Waals surface area (Å²) in [7, 11) is 2.69. The SMILES string of the molecule is COc1cc(NC(=O)CN(C)CC(=O)Nc2ccc(F)c(F)c2F)c(C)cc1[N+](=O)[O-]. The minimum absolute atomic E-state index is 0.0350. The van der Waals surface area contributed by atoms with Crippen molar-refractivity contribution in [3.63, 3.8) is 0 Å². The van der Waals surface area contributed by atoms with Crippen molar-refractivity contribution >= 4 is 28.9 Å². The van der Waals surface area contributed by atoms with Crippen LogP contribution in [0.4, 0.5) is 30.2 Å². The van der Waals surface area contributed by atoms with E-state index in [2.05, 4.69) is 10.6 Å². The van der Waals surface area contributed by atoms with Gasteiger partial charge < -0.3 is 15.4 Å². The lowest BCUT2D eigenvalue weighted by Crippen LogP contribution is -2.36. The second kappa shape index (κ2) is 9.89. The van der Waals surface area contributed by atoms with E-state index in [4.69, 9.17) is 4.74 Å². The Morgan fingerprint density at radius 1 is 1.06 bits per heavy atom. The van der Waals surface area contributed by atoms with Crippen LogP contribution in [0.1, 0.15) is 5.56 Å². The van der Waals surface area contributed by atoms with Gasteiger partial charge in [0.05, 0.1) is 30.8 Å². The number of nitrogens with one attached hydrogen (secondary N) is 2. The molecule has 2 rings (SSSR count). The number of aryl methyl sites for hydroxylation is 1. The van der Waals surface area contributed by atoms with Crippen LogP contribution in [0, 0.1) is 34.5 Å². The molecule has 2 N–H and O–H groups in total. The van der Waals surface area contributed by atoms with Crippen LogP contribution < -0.4 is 15.4 Å². The number of ether oxygens (including phenoxy) is 1. The number of halogens is 3. The highest BCUT2D eigenvalue weighted by atomic mass is 19.2. The second-order valence-electron chi connectivity index (χ2n) is 6.59. The molecule has 0 heterocycles. The third-order valence-corrected chi connectivity index (χ3v) is 4.13. The van der Waals surface area contributed by atoms with Crippen molar-refractivity contribution in [3.05, 3.63) is 57.4 Å². The molecule has 2 aromatic carbocycles. The highest BCUT2D eigenvalue weighted by molar-refractivity contribution is 5.95. The molecule has 0 spiro atoms. The molecule has 2 amide bonds. The number of hydrogen-bond donors (Lipinski definition) is 2. The number of carbonyl (C=O) groups is 2. The van der Waals surface area contributed by atoms with Gasteiger partial charge in [0, 0.05) is 17.8 Å². The first-order valence-corrected chi connectivity index (χ1v) is 8.78. The lowest BCUT2D eigenvalue weighted by molar-refractivity contribution is -0.385. The first-order chi connectivity index (χ1) is 14.5. The van der Waals surface area contributed by atoms with Gasteiger partial charge in [-0.05, 0) is 31.7 Å². The van der Waals surface area contributed by atoms with Crippen molar-refractivity contribution in [2.24, 2.45) is 0 Å². The zero-order valence-corrected chi connectivity index (χ0v) is 16.8. The third kappa shape index (κ3) is 5.92. The number of nitro benzene ring substituents is 1. The number of methoxy groups -OCH3 is 1. The van der Waals surface area contributed by atoms with Gasteiger partial charge in [-0.1, -0.05) is 0 Å². The summed E-state index contributed by atoms with van der Waals surface area (Å²) in [4.78, 5) is 36.0. The monoisotopic (exact) mass is 440 g/mol. The van der Waals surface area contributed by atoms with Crippen molar-refractivity contribution in [1.29, 1.82) is 0 Å². The molecule has 0 aliphatic heterocycles. The van der Waals surface area contributed by atoms with E-state index >= 15 is 0 Å². The quantitative estimate of drug-likeness (QED) is 0.371. The molecule has 2 aromatic rings. The lowest BCUT2D eigenvalue weighted by Gasteiger charge is -2.17. The van der Waals surface area contributed by atoms with Gasteiger partial charge in [0.25, 0.3) is 0 Å². The van der Waals surface area contributed by atoms with Gasteiger partial charge in [-0.25, -0.2) is 13.2 Å². The van der Waals surface area contributed by atoms with Gasteiger partial charge in [-0.15, -0.1) is 0 Å². The summed E-state index contributed by atoms with van der Waals surface area (Å²) in [5.41, 5.74) is -0.0733. The summed E-state index contributed by atoms with van der Waals surface area (Å²) in [6.07, 6.45) is 0. The van der Waals surface area contributed by atoms with Gasteiger partial charge in [0.15, 0.2) is 23.2 Å². The number of amides is 2. The highest BCUT2D eigenvalue weighted by Crippen LogP contribution is 2.32. The maximum atomic E-state index is 13.6. The summed E-state index contributed by atoms with van der Waals surface area (Å²) < 4.78 is 44.8. The number of anilines is 2. The molecule has 0 unspecified atom stereocenters. The largest absolute Gasteiger partial charge is 0.490 e. The molecule has 0 bridgehead atoms. The van der Waals surface area contributed by atoms with E-state index in [1.807, 2.05) is 0 Å². The highest BCUT2D eigenvalue weighted by Gasteiger charge is 2.20. The predicted octanol–water partition coefficient (Wildman–Crippen LogP) is 2.84. The number of nitrogens with zero attached hydrogens (tertiary/aromatic N) is 2. The fraction of sp³-hybridized carbons (Fsp3) is 0.263. The van der Waals surface area contributed by atoms with Gasteiger partial charge in [0.2, 0.25) is 11.8 Å². The van der Waals surface area contributed by atoms with Crippen molar-refractivity contribution in [2.45, 2.75) is 6.92 Å². The number of benzene rings is 2. The van der Waals surface area contributed by atoms with Gasteiger partial charge in [-0.3, -0.25) is 24.6 Å². The van der Waals surface area contributed by atoms with E-state index < -0.39 is 39.9 Å². The molecule has 0 radical (unpaired) electrons. The Kier molecular flexibility index (Phi) is 7.53. The molecule has 0 saturated heterocycles. The van der Waals surface area contributed by atoms with Crippen molar-refractivity contribution in [3.8, 4) is 5.75 Å². The van der Waals surface area contributed by atoms with E-state index in [1.165, 1.54) is 31.2 Å². The summed E-state index contributed by atoms with van der Waals surface area (Å²) >= 11 is 0. The number of nitro groups is 1. The Morgan fingerprint density at radius 2 is 1.65 bits per heavy atom. The molecule has 0 fully saturated rings. The number of hydrogen-bond acceptors (Lipinski definition) is 6. The van der Waals surface area contributed by atoms with E-state index in [0.29, 0.717) is 11.6 Å². The first kappa shape index (κ1) is 23.6. The maximum Gasteiger partial charge on any atom is 0.311 e. The van der Waals surface area contributed by atoms with Crippen LogP contribution in [0.5, 0.6) is 5.75 Å². The van der Waals surface area contributed by atoms with E-state index in [0.717, 1.165) is 6.07 Å². The van der Waals surface area contributed by atoms with Crippen LogP contribution in [0.25, 0.3) is 0 Å². The van der Waals surface area contributed by atoms with Crippen LogP contribution in [0.15, 0.2) is 24.3 Å². The minimum Gasteiger partial charge on any atom is -0.490 e. The van der Waals surface area contributed by atoms with Gasteiger partial charge >= 0.3 is 5.69 Å². The molecule has 31 heavy (non-hydrogen) atoms. The predicted molar refractivity (Wildman–Crippen MR) is 105 cm³/mol. The molecule has 12 heteroatoms. The average molecular weight is 440 g/mol. The maximum absolute atomic E-state index is 13.6. The molecule has 0 atom stereocenters. The normalized spacial score (nSPS) is 10.7. The lowest BCUT2D eigenvalue weighted by atomic mass is 10.1. The van der Waals surface area contributed by atoms with Crippen LogP contribution in [-0.4, -0.2) is 48.9 Å². The molecule has 0 saturated carbocycles. The Hall–Kier alpha value is -3.67. The Bertz CT molecular complexity index is 1030. The summed E-state index contributed by atoms with van der Waals surface area (Å²) in [6.45, 7) is 0.955. The Balaban J connectivity index is 1.98. The van der Waals surface area contributed by atoms with Gasteiger partial charge in [-0.2, -0.15) is 0 Å². The summed E-state index contributed by atoms with van der Waals surface area (Å²) in [5, 5.41) is 15.7. The van der Waals surface area contributed by atoms with Crippen molar-refractivity contribution in [1.82, 2.24) is 4.90 Å². The Morgan fingerprint density at radius 3 is 2.19 bits per heavy atom. The van der Waals surface area contributed by atoms with E-state index in [1.54, 1.807) is 6.92 Å². The number of likely N-dealkylation sites (N-methyl/N-ethyl adjacent to an activating group) is 1. The standard InChI is InChI=1S/C19H19F3N4O5/c1-10-6-14(26(29)30)15(31-3)7-13(10)24-17(28)9-25(2)8-16(27)23-12-5-4-11(20)18(21)19(12)22/h4-7H,8-9H2,1-3H3,(H,23,27)(H,24,28). The minimum atomic E-state index is -1.71. The molecule has 166 valence electrons. The smallest absolute Gasteiger partial charge is 0.311 e. The molecule has 0 aliphatic rings. The molecular weight excluding hydrogens is 421 g/mol. The van der Waals surface area contributed by atoms with Crippen molar-refractivity contribution in [2.75, 3.05) is 37.9 Å². The van der Waals surface area contributed by atoms with Crippen molar-refractivity contribution < 1.29 is 32.4 Å². The molecule has 0 aromatic heterocycles. The summed E-state index contributed by atoms with van der Waals surface area (Å²) in [5.74, 6) is -5.95. The zero-order chi connectivity index (χ0) is 23.3. The number of rotatable bonds is 8. The first-order valence-electron chi connectivity index (χ1n) is 8.78. The third-order valence-electron chi connectivity index (χ3n) is 4.13. The average Bonchev–Trinajstić information content (AvgIpc) is 2.69. The molecular formula is C19H19F3N4O5. The van der Waals surface area contributed by atoms with Crippen LogP contribution in [0.2, 0.25) is 0 Å². The van der Waals surface area contributed by atoms with E-state index in [-0.39, 0.29) is 30.2 Å². The molecule has 9 nitrogen and oxygen atoms in total. The zero-order valence-electron chi connectivity index (χ0n) is 16.8. The molecule has 0 aliphatic carbocycles. The van der Waals surface area contributed by atoms with Crippen LogP contribution in [0.3, 0.4) is 0 Å².